The highest BCUT2D eigenvalue weighted by atomic mass is 32.1. The smallest absolute Gasteiger partial charge is 0.272 e. The summed E-state index contributed by atoms with van der Waals surface area (Å²) in [4.78, 5) is 36.8. The van der Waals surface area contributed by atoms with Crippen molar-refractivity contribution in [2.75, 3.05) is 5.32 Å². The summed E-state index contributed by atoms with van der Waals surface area (Å²) in [6, 6.07) is 22.3. The second kappa shape index (κ2) is 9.23. The number of carbonyl (C=O) groups excluding carboxylic acids is 2. The summed E-state index contributed by atoms with van der Waals surface area (Å²) in [5, 5.41) is 20.1. The Morgan fingerprint density at radius 1 is 0.938 bits per heavy atom. The fraction of sp³-hybridized carbons (Fsp3) is 0. The Morgan fingerprint density at radius 2 is 1.72 bits per heavy atom. The molecule has 7 nitrogen and oxygen atoms in total. The van der Waals surface area contributed by atoms with Gasteiger partial charge < -0.3 is 10.6 Å². The number of hydrogen-bond acceptors (Lipinski definition) is 5. The topological polar surface area (TPSA) is 101 Å². The summed E-state index contributed by atoms with van der Waals surface area (Å²) >= 11 is 1.24. The molecule has 0 aliphatic heterocycles. The number of non-ortho nitro benzene ring substituents is 1. The van der Waals surface area contributed by atoms with E-state index in [9.17, 15) is 19.7 Å². The van der Waals surface area contributed by atoms with Crippen molar-refractivity contribution in [3.8, 4) is 0 Å². The molecule has 0 saturated carbocycles. The first kappa shape index (κ1) is 21.0. The van der Waals surface area contributed by atoms with Crippen molar-refractivity contribution in [1.82, 2.24) is 5.32 Å². The molecule has 2 amide bonds. The monoisotopic (exact) mass is 443 g/mol. The Morgan fingerprint density at radius 3 is 2.50 bits per heavy atom. The van der Waals surface area contributed by atoms with E-state index in [1.807, 2.05) is 36.4 Å². The van der Waals surface area contributed by atoms with E-state index in [0.717, 1.165) is 10.8 Å². The molecule has 2 N–H and O–H groups in total. The second-order valence-electron chi connectivity index (χ2n) is 6.82. The van der Waals surface area contributed by atoms with Crippen molar-refractivity contribution < 1.29 is 14.5 Å². The first-order valence-electron chi connectivity index (χ1n) is 9.61. The van der Waals surface area contributed by atoms with Crippen molar-refractivity contribution in [2.24, 2.45) is 0 Å². The Bertz CT molecular complexity index is 1340. The number of nitrogens with zero attached hydrogens (tertiary/aromatic N) is 1. The fourth-order valence-corrected chi connectivity index (χ4v) is 3.79. The lowest BCUT2D eigenvalue weighted by molar-refractivity contribution is -0.384. The van der Waals surface area contributed by atoms with Gasteiger partial charge in [-0.05, 0) is 34.5 Å². The zero-order valence-corrected chi connectivity index (χ0v) is 17.5. The van der Waals surface area contributed by atoms with Gasteiger partial charge in [0, 0.05) is 23.2 Å². The van der Waals surface area contributed by atoms with Gasteiger partial charge in [-0.2, -0.15) is 0 Å². The van der Waals surface area contributed by atoms with Gasteiger partial charge in [0.25, 0.3) is 17.5 Å². The lowest BCUT2D eigenvalue weighted by atomic mass is 10.1. The first-order chi connectivity index (χ1) is 15.5. The zero-order chi connectivity index (χ0) is 22.5. The molecule has 8 heteroatoms. The van der Waals surface area contributed by atoms with Crippen molar-refractivity contribution in [3.05, 3.63) is 110 Å². The fourth-order valence-electron chi connectivity index (χ4n) is 3.17. The standard InChI is InChI=1S/C24H17N3O4S/c28-23(25-20-11-4-8-17-7-1-2-10-19(17)20)21(26-24(29)22-12-5-13-32-22)15-16-6-3-9-18(14-16)27(30)31/h1-15H,(H,25,28)(H,26,29)/b21-15-. The molecule has 0 saturated heterocycles. The summed E-state index contributed by atoms with van der Waals surface area (Å²) in [6.45, 7) is 0. The number of carbonyl (C=O) groups is 2. The number of thiophene rings is 1. The number of benzene rings is 3. The summed E-state index contributed by atoms with van der Waals surface area (Å²) in [5.74, 6) is -0.984. The van der Waals surface area contributed by atoms with Crippen LogP contribution < -0.4 is 10.6 Å². The number of nitro groups is 1. The summed E-state index contributed by atoms with van der Waals surface area (Å²) in [5.41, 5.74) is 0.853. The van der Waals surface area contributed by atoms with Crippen LogP contribution in [-0.2, 0) is 4.79 Å². The van der Waals surface area contributed by atoms with E-state index in [2.05, 4.69) is 10.6 Å². The number of amides is 2. The van der Waals surface area contributed by atoms with Crippen LogP contribution in [0.15, 0.2) is 89.9 Å². The summed E-state index contributed by atoms with van der Waals surface area (Å²) in [6.07, 6.45) is 1.42. The molecule has 0 atom stereocenters. The third-order valence-electron chi connectivity index (χ3n) is 4.67. The quantitative estimate of drug-likeness (QED) is 0.242. The molecule has 4 rings (SSSR count). The minimum absolute atomic E-state index is 0.0307. The predicted octanol–water partition coefficient (Wildman–Crippen LogP) is 5.22. The molecule has 0 radical (unpaired) electrons. The molecule has 0 unspecified atom stereocenters. The van der Waals surface area contributed by atoms with Crippen LogP contribution in [0.4, 0.5) is 11.4 Å². The minimum atomic E-state index is -0.544. The van der Waals surface area contributed by atoms with E-state index in [0.29, 0.717) is 16.1 Å². The highest BCUT2D eigenvalue weighted by Crippen LogP contribution is 2.24. The van der Waals surface area contributed by atoms with E-state index >= 15 is 0 Å². The van der Waals surface area contributed by atoms with Crippen LogP contribution in [0.1, 0.15) is 15.2 Å². The zero-order valence-electron chi connectivity index (χ0n) is 16.6. The molecule has 0 aliphatic carbocycles. The lowest BCUT2D eigenvalue weighted by Crippen LogP contribution is -2.30. The van der Waals surface area contributed by atoms with E-state index in [1.54, 1.807) is 29.6 Å². The van der Waals surface area contributed by atoms with E-state index in [-0.39, 0.29) is 11.4 Å². The summed E-state index contributed by atoms with van der Waals surface area (Å²) in [7, 11) is 0. The number of nitro benzene ring substituents is 1. The SMILES string of the molecule is O=C(Nc1cccc2ccccc12)/C(=C/c1cccc([N+](=O)[O-])c1)NC(=O)c1cccs1. The molecule has 0 bridgehead atoms. The van der Waals surface area contributed by atoms with Crippen LogP contribution in [0, 0.1) is 10.1 Å². The van der Waals surface area contributed by atoms with Crippen molar-refractivity contribution in [3.63, 3.8) is 0 Å². The van der Waals surface area contributed by atoms with Gasteiger partial charge in [-0.25, -0.2) is 0 Å². The van der Waals surface area contributed by atoms with E-state index < -0.39 is 16.7 Å². The number of anilines is 1. The van der Waals surface area contributed by atoms with Crippen molar-refractivity contribution in [2.45, 2.75) is 0 Å². The van der Waals surface area contributed by atoms with Crippen LogP contribution in [-0.4, -0.2) is 16.7 Å². The van der Waals surface area contributed by atoms with Gasteiger partial charge in [0.1, 0.15) is 5.70 Å². The Labute approximate surface area is 187 Å². The maximum Gasteiger partial charge on any atom is 0.272 e. The van der Waals surface area contributed by atoms with Gasteiger partial charge in [-0.1, -0.05) is 54.6 Å². The lowest BCUT2D eigenvalue weighted by Gasteiger charge is -2.12. The Balaban J connectivity index is 1.69. The number of hydrogen-bond donors (Lipinski definition) is 2. The third-order valence-corrected chi connectivity index (χ3v) is 5.54. The maximum atomic E-state index is 13.2. The van der Waals surface area contributed by atoms with Gasteiger partial charge >= 0.3 is 0 Å². The molecule has 0 aliphatic rings. The molecule has 0 spiro atoms. The van der Waals surface area contributed by atoms with Gasteiger partial charge in [-0.3, -0.25) is 19.7 Å². The minimum Gasteiger partial charge on any atom is -0.320 e. The highest BCUT2D eigenvalue weighted by molar-refractivity contribution is 7.12. The van der Waals surface area contributed by atoms with Crippen LogP contribution in [0.5, 0.6) is 0 Å². The second-order valence-corrected chi connectivity index (χ2v) is 7.77. The molecule has 158 valence electrons. The van der Waals surface area contributed by atoms with E-state index in [1.165, 1.54) is 35.6 Å². The van der Waals surface area contributed by atoms with Crippen LogP contribution in [0.25, 0.3) is 16.8 Å². The highest BCUT2D eigenvalue weighted by Gasteiger charge is 2.17. The van der Waals surface area contributed by atoms with Gasteiger partial charge in [-0.15, -0.1) is 11.3 Å². The summed E-state index contributed by atoms with van der Waals surface area (Å²) < 4.78 is 0. The molecule has 1 aromatic heterocycles. The van der Waals surface area contributed by atoms with Crippen molar-refractivity contribution >= 4 is 51.4 Å². The van der Waals surface area contributed by atoms with Gasteiger partial charge in [0.15, 0.2) is 0 Å². The normalized spacial score (nSPS) is 11.2. The number of nitrogens with one attached hydrogen (secondary N) is 2. The largest absolute Gasteiger partial charge is 0.320 e. The Hall–Kier alpha value is -4.30. The molecule has 32 heavy (non-hydrogen) atoms. The average Bonchev–Trinajstić information content (AvgIpc) is 3.34. The molecule has 4 aromatic rings. The molecule has 3 aromatic carbocycles. The molecule has 0 fully saturated rings. The van der Waals surface area contributed by atoms with Gasteiger partial charge in [0.05, 0.1) is 9.80 Å². The third kappa shape index (κ3) is 4.71. The van der Waals surface area contributed by atoms with Crippen LogP contribution >= 0.6 is 11.3 Å². The van der Waals surface area contributed by atoms with E-state index in [4.69, 9.17) is 0 Å². The van der Waals surface area contributed by atoms with Crippen LogP contribution in [0.2, 0.25) is 0 Å². The molecular weight excluding hydrogens is 426 g/mol. The first-order valence-corrected chi connectivity index (χ1v) is 10.5. The number of rotatable bonds is 6. The molecule has 1 heterocycles. The van der Waals surface area contributed by atoms with Crippen LogP contribution in [0.3, 0.4) is 0 Å². The Kier molecular flexibility index (Phi) is 6.05. The maximum absolute atomic E-state index is 13.2. The van der Waals surface area contributed by atoms with Crippen molar-refractivity contribution in [1.29, 1.82) is 0 Å². The van der Waals surface area contributed by atoms with Gasteiger partial charge in [0.2, 0.25) is 0 Å². The predicted molar refractivity (Wildman–Crippen MR) is 125 cm³/mol. The average molecular weight is 443 g/mol. The molecular formula is C24H17N3O4S. The number of fused-ring (bicyclic) bond motifs is 1.